The third-order valence-electron chi connectivity index (χ3n) is 3.27. The number of halogens is 3. The van der Waals surface area contributed by atoms with Crippen LogP contribution >= 0.6 is 11.6 Å². The van der Waals surface area contributed by atoms with E-state index in [1.807, 2.05) is 0 Å². The molecule has 0 unspecified atom stereocenters. The first-order chi connectivity index (χ1) is 12.9. The maximum Gasteiger partial charge on any atom is 0.387 e. The summed E-state index contributed by atoms with van der Waals surface area (Å²) in [4.78, 5) is 12.3. The van der Waals surface area contributed by atoms with Crippen LogP contribution in [0.1, 0.15) is 31.1 Å². The fourth-order valence-corrected chi connectivity index (χ4v) is 3.86. The first kappa shape index (κ1) is 22.1. The summed E-state index contributed by atoms with van der Waals surface area (Å²) in [6.07, 6.45) is 0. The van der Waals surface area contributed by atoms with Crippen LogP contribution in [0, 0.1) is 0 Å². The minimum atomic E-state index is -3.71. The lowest BCUT2D eigenvalue weighted by Crippen LogP contribution is -2.40. The quantitative estimate of drug-likeness (QED) is 0.713. The smallest absolute Gasteiger partial charge is 0.387 e. The molecule has 0 aliphatic carbocycles. The van der Waals surface area contributed by atoms with E-state index < -0.39 is 28.1 Å². The average molecular weight is 433 g/mol. The van der Waals surface area contributed by atoms with Crippen LogP contribution in [0.3, 0.4) is 0 Å². The molecular weight excluding hydrogens is 414 g/mol. The van der Waals surface area contributed by atoms with Gasteiger partial charge in [-0.05, 0) is 63.2 Å². The second-order valence-electron chi connectivity index (χ2n) is 6.86. The molecule has 0 bridgehead atoms. The number of benzene rings is 2. The van der Waals surface area contributed by atoms with Gasteiger partial charge >= 0.3 is 6.61 Å². The number of carbonyl (C=O) groups excluding carboxylic acids is 1. The van der Waals surface area contributed by atoms with Crippen molar-refractivity contribution in [3.05, 3.63) is 53.1 Å². The van der Waals surface area contributed by atoms with Crippen molar-refractivity contribution in [3.63, 3.8) is 0 Å². The van der Waals surface area contributed by atoms with Gasteiger partial charge in [0.2, 0.25) is 10.0 Å². The zero-order chi connectivity index (χ0) is 21.1. The lowest BCUT2D eigenvalue weighted by Gasteiger charge is -2.20. The minimum Gasteiger partial charge on any atom is -0.433 e. The second-order valence-corrected chi connectivity index (χ2v) is 8.95. The summed E-state index contributed by atoms with van der Waals surface area (Å²) < 4.78 is 55.8. The number of hydrogen-bond donors (Lipinski definition) is 2. The molecule has 0 fully saturated rings. The molecule has 10 heteroatoms. The number of hydrogen-bond acceptors (Lipinski definition) is 4. The van der Waals surface area contributed by atoms with Crippen molar-refractivity contribution in [3.8, 4) is 5.75 Å². The fraction of sp³-hybridized carbons (Fsp3) is 0.278. The summed E-state index contributed by atoms with van der Waals surface area (Å²) in [7, 11) is -3.71. The number of alkyl halides is 2. The first-order valence-electron chi connectivity index (χ1n) is 8.07. The third-order valence-corrected chi connectivity index (χ3v) is 5.34. The molecule has 1 amide bonds. The predicted octanol–water partition coefficient (Wildman–Crippen LogP) is 4.27. The van der Waals surface area contributed by atoms with Crippen LogP contribution in [-0.2, 0) is 10.0 Å². The number of carbonyl (C=O) groups is 1. The maximum absolute atomic E-state index is 12.3. The number of rotatable bonds is 6. The van der Waals surface area contributed by atoms with E-state index in [4.69, 9.17) is 11.6 Å². The van der Waals surface area contributed by atoms with Gasteiger partial charge in [0.15, 0.2) is 0 Å². The van der Waals surface area contributed by atoms with Crippen LogP contribution < -0.4 is 14.8 Å². The number of amides is 1. The Balaban J connectivity index is 2.12. The summed E-state index contributed by atoms with van der Waals surface area (Å²) in [6, 6.07) is 9.19. The summed E-state index contributed by atoms with van der Waals surface area (Å²) >= 11 is 5.84. The van der Waals surface area contributed by atoms with E-state index in [0.717, 1.165) is 0 Å². The molecule has 0 heterocycles. The second kappa shape index (κ2) is 8.42. The Bertz CT molecular complexity index is 959. The molecule has 2 aromatic rings. The number of ether oxygens (including phenoxy) is 1. The van der Waals surface area contributed by atoms with E-state index in [1.165, 1.54) is 42.5 Å². The standard InChI is InChI=1S/C18H19ClF2N2O4S/c1-18(2,3)23-28(25,26)13-7-4-11(5-8-13)16(24)22-12-6-9-15(14(19)10-12)27-17(20)21/h4-10,17,23H,1-3H3,(H,22,24). The van der Waals surface area contributed by atoms with Gasteiger partial charge in [0, 0.05) is 16.8 Å². The number of anilines is 1. The third kappa shape index (κ3) is 6.15. The Labute approximate surface area is 166 Å². The van der Waals surface area contributed by atoms with Crippen molar-refractivity contribution in [2.45, 2.75) is 37.8 Å². The molecule has 28 heavy (non-hydrogen) atoms. The first-order valence-corrected chi connectivity index (χ1v) is 9.93. The SMILES string of the molecule is CC(C)(C)NS(=O)(=O)c1ccc(C(=O)Nc2ccc(OC(F)F)c(Cl)c2)cc1. The van der Waals surface area contributed by atoms with Crippen LogP contribution in [0.25, 0.3) is 0 Å². The van der Waals surface area contributed by atoms with Gasteiger partial charge in [-0.15, -0.1) is 0 Å². The van der Waals surface area contributed by atoms with E-state index in [1.54, 1.807) is 20.8 Å². The Hall–Kier alpha value is -2.23. The predicted molar refractivity (Wildman–Crippen MR) is 103 cm³/mol. The van der Waals surface area contributed by atoms with Crippen molar-refractivity contribution in [1.29, 1.82) is 0 Å². The van der Waals surface area contributed by atoms with Gasteiger partial charge in [0.05, 0.1) is 9.92 Å². The molecule has 0 atom stereocenters. The molecule has 0 radical (unpaired) electrons. The van der Waals surface area contributed by atoms with Crippen LogP contribution in [0.5, 0.6) is 5.75 Å². The molecular formula is C18H19ClF2N2O4S. The van der Waals surface area contributed by atoms with Crippen molar-refractivity contribution in [2.75, 3.05) is 5.32 Å². The molecule has 2 aromatic carbocycles. The van der Waals surface area contributed by atoms with Crippen molar-refractivity contribution < 1.29 is 26.7 Å². The van der Waals surface area contributed by atoms with Crippen LogP contribution in [0.4, 0.5) is 14.5 Å². The highest BCUT2D eigenvalue weighted by Gasteiger charge is 2.22. The highest BCUT2D eigenvalue weighted by molar-refractivity contribution is 7.89. The molecule has 6 nitrogen and oxygen atoms in total. The molecule has 0 aromatic heterocycles. The molecule has 0 aliphatic rings. The Morgan fingerprint density at radius 2 is 1.71 bits per heavy atom. The molecule has 0 saturated carbocycles. The van der Waals surface area contributed by atoms with Crippen molar-refractivity contribution in [1.82, 2.24) is 4.72 Å². The van der Waals surface area contributed by atoms with Gasteiger partial charge in [-0.1, -0.05) is 11.6 Å². The van der Waals surface area contributed by atoms with Gasteiger partial charge in [0.25, 0.3) is 5.91 Å². The molecule has 0 spiro atoms. The van der Waals surface area contributed by atoms with Gasteiger partial charge in [-0.25, -0.2) is 13.1 Å². The van der Waals surface area contributed by atoms with Crippen LogP contribution in [-0.4, -0.2) is 26.5 Å². The molecule has 0 aliphatic heterocycles. The number of nitrogens with one attached hydrogen (secondary N) is 2. The highest BCUT2D eigenvalue weighted by atomic mass is 35.5. The van der Waals surface area contributed by atoms with Gasteiger partial charge in [-0.3, -0.25) is 4.79 Å². The van der Waals surface area contributed by atoms with Gasteiger partial charge in [0.1, 0.15) is 5.75 Å². The summed E-state index contributed by atoms with van der Waals surface area (Å²) in [5, 5.41) is 2.45. The zero-order valence-electron chi connectivity index (χ0n) is 15.3. The Morgan fingerprint density at radius 3 is 2.21 bits per heavy atom. The van der Waals surface area contributed by atoms with E-state index in [-0.39, 0.29) is 26.9 Å². The Morgan fingerprint density at radius 1 is 1.11 bits per heavy atom. The lowest BCUT2D eigenvalue weighted by molar-refractivity contribution is -0.0497. The normalized spacial score (nSPS) is 12.1. The van der Waals surface area contributed by atoms with E-state index in [0.29, 0.717) is 0 Å². The molecule has 2 N–H and O–H groups in total. The largest absolute Gasteiger partial charge is 0.433 e. The minimum absolute atomic E-state index is 0.0236. The molecule has 0 saturated heterocycles. The maximum atomic E-state index is 12.3. The topological polar surface area (TPSA) is 84.5 Å². The van der Waals surface area contributed by atoms with Gasteiger partial charge < -0.3 is 10.1 Å². The zero-order valence-corrected chi connectivity index (χ0v) is 16.9. The van der Waals surface area contributed by atoms with Crippen LogP contribution in [0.2, 0.25) is 5.02 Å². The van der Waals surface area contributed by atoms with E-state index in [2.05, 4.69) is 14.8 Å². The summed E-state index contributed by atoms with van der Waals surface area (Å²) in [5.74, 6) is -0.734. The highest BCUT2D eigenvalue weighted by Crippen LogP contribution is 2.29. The summed E-state index contributed by atoms with van der Waals surface area (Å²) in [5.41, 5.74) is -0.171. The fourth-order valence-electron chi connectivity index (χ4n) is 2.22. The molecule has 152 valence electrons. The van der Waals surface area contributed by atoms with E-state index in [9.17, 15) is 22.0 Å². The number of sulfonamides is 1. The van der Waals surface area contributed by atoms with Crippen molar-refractivity contribution in [2.24, 2.45) is 0 Å². The van der Waals surface area contributed by atoms with E-state index >= 15 is 0 Å². The lowest BCUT2D eigenvalue weighted by atomic mass is 10.1. The Kier molecular flexibility index (Phi) is 6.63. The van der Waals surface area contributed by atoms with Crippen molar-refractivity contribution >= 4 is 33.2 Å². The molecule has 2 rings (SSSR count). The monoisotopic (exact) mass is 432 g/mol. The van der Waals surface area contributed by atoms with Crippen LogP contribution in [0.15, 0.2) is 47.4 Å². The van der Waals surface area contributed by atoms with Gasteiger partial charge in [-0.2, -0.15) is 8.78 Å². The average Bonchev–Trinajstić information content (AvgIpc) is 2.55. The summed E-state index contributed by atoms with van der Waals surface area (Å²) in [6.45, 7) is 2.14.